The Bertz CT molecular complexity index is 538. The minimum absolute atomic E-state index is 0. The topological polar surface area (TPSA) is 65.6 Å². The van der Waals surface area contributed by atoms with E-state index in [4.69, 9.17) is 14.6 Å². The smallest absolute Gasteiger partial charge is 0.407 e. The zero-order valence-electron chi connectivity index (χ0n) is 16.6. The second-order valence-corrected chi connectivity index (χ2v) is 8.79. The number of amides is 1. The predicted molar refractivity (Wildman–Crippen MR) is 104 cm³/mol. The fourth-order valence-electron chi connectivity index (χ4n) is 4.75. The molecular formula is C21H37NO4. The Hall–Kier alpha value is -1.07. The highest BCUT2D eigenvalue weighted by Gasteiger charge is 2.67. The first-order valence-electron chi connectivity index (χ1n) is 10.3. The van der Waals surface area contributed by atoms with Gasteiger partial charge in [0.25, 0.3) is 0 Å². The third kappa shape index (κ3) is 4.42. The molecule has 0 aromatic carbocycles. The highest BCUT2D eigenvalue weighted by atomic mass is 16.6. The van der Waals surface area contributed by atoms with Crippen LogP contribution in [-0.2, 0) is 9.47 Å². The van der Waals surface area contributed by atoms with Crippen molar-refractivity contribution in [1.29, 1.82) is 0 Å². The highest BCUT2D eigenvalue weighted by Crippen LogP contribution is 2.58. The fourth-order valence-corrected chi connectivity index (χ4v) is 4.75. The van der Waals surface area contributed by atoms with Gasteiger partial charge in [0.2, 0.25) is 0 Å². The molecule has 5 nitrogen and oxygen atoms in total. The molecule has 3 heterocycles. The van der Waals surface area contributed by atoms with Gasteiger partial charge in [-0.1, -0.05) is 24.5 Å². The lowest BCUT2D eigenvalue weighted by Crippen LogP contribution is -2.39. The number of carboxylic acid groups (broad SMARTS) is 1. The summed E-state index contributed by atoms with van der Waals surface area (Å²) < 4.78 is 11.8. The summed E-state index contributed by atoms with van der Waals surface area (Å²) in [6.45, 7) is 9.06. The number of epoxide rings is 2. The van der Waals surface area contributed by atoms with Crippen LogP contribution in [0.15, 0.2) is 11.6 Å². The molecule has 5 heteroatoms. The van der Waals surface area contributed by atoms with Gasteiger partial charge in [0.05, 0.1) is 23.9 Å². The van der Waals surface area contributed by atoms with Gasteiger partial charge in [-0.2, -0.15) is 0 Å². The second kappa shape index (κ2) is 7.89. The Kier molecular flexibility index (Phi) is 5.97. The van der Waals surface area contributed by atoms with E-state index >= 15 is 0 Å². The van der Waals surface area contributed by atoms with Crippen molar-refractivity contribution in [2.45, 2.75) is 89.4 Å². The number of likely N-dealkylation sites (tertiary alicyclic amines) is 1. The first-order valence-corrected chi connectivity index (χ1v) is 10.3. The largest absolute Gasteiger partial charge is 0.465 e. The molecule has 0 aromatic heterocycles. The summed E-state index contributed by atoms with van der Waals surface area (Å²) in [5.74, 6) is 0.638. The summed E-state index contributed by atoms with van der Waals surface area (Å²) in [4.78, 5) is 11.8. The SMILES string of the molecule is CC(C)=CC[C@H]1O[C@]1(C)C1CCCC[C@]12CO2.O=C(O)N1CCCCC1.[HH]. The number of piperidine rings is 1. The molecule has 1 saturated carbocycles. The number of hydrogen-bond acceptors (Lipinski definition) is 3. The van der Waals surface area contributed by atoms with Crippen molar-refractivity contribution in [1.82, 2.24) is 4.90 Å². The highest BCUT2D eigenvalue weighted by molar-refractivity contribution is 5.64. The predicted octanol–water partition coefficient (Wildman–Crippen LogP) is 4.86. The van der Waals surface area contributed by atoms with Crippen LogP contribution in [0.4, 0.5) is 4.79 Å². The number of nitrogens with zero attached hydrogens (tertiary/aromatic N) is 1. The molecular weight excluding hydrogens is 330 g/mol. The molecule has 4 rings (SSSR count). The average Bonchev–Trinajstić information content (AvgIpc) is 3.53. The third-order valence-electron chi connectivity index (χ3n) is 6.53. The van der Waals surface area contributed by atoms with Crippen molar-refractivity contribution in [3.8, 4) is 0 Å². The van der Waals surface area contributed by atoms with Crippen LogP contribution in [0, 0.1) is 5.92 Å². The normalized spacial score (nSPS) is 38.2. The molecule has 3 saturated heterocycles. The molecule has 1 aliphatic carbocycles. The number of ether oxygens (including phenoxy) is 2. The van der Waals surface area contributed by atoms with Crippen molar-refractivity contribution in [3.63, 3.8) is 0 Å². The molecule has 1 N–H and O–H groups in total. The number of carbonyl (C=O) groups is 1. The maximum Gasteiger partial charge on any atom is 0.407 e. The lowest BCUT2D eigenvalue weighted by Gasteiger charge is -2.32. The van der Waals surface area contributed by atoms with E-state index in [1.165, 1.54) is 42.6 Å². The maximum absolute atomic E-state index is 10.3. The molecule has 1 amide bonds. The van der Waals surface area contributed by atoms with Crippen molar-refractivity contribution >= 4 is 6.09 Å². The van der Waals surface area contributed by atoms with E-state index in [0.717, 1.165) is 39.0 Å². The van der Waals surface area contributed by atoms with Gasteiger partial charge in [0.1, 0.15) is 0 Å². The van der Waals surface area contributed by atoms with Crippen molar-refractivity contribution in [3.05, 3.63) is 11.6 Å². The molecule has 4 atom stereocenters. The van der Waals surface area contributed by atoms with Gasteiger partial charge in [-0.25, -0.2) is 4.79 Å². The van der Waals surface area contributed by atoms with Gasteiger partial charge in [-0.15, -0.1) is 0 Å². The van der Waals surface area contributed by atoms with E-state index in [2.05, 4.69) is 26.8 Å². The van der Waals surface area contributed by atoms with Crippen LogP contribution >= 0.6 is 0 Å². The van der Waals surface area contributed by atoms with Gasteiger partial charge in [0.15, 0.2) is 0 Å². The van der Waals surface area contributed by atoms with E-state index in [-0.39, 0.29) is 12.6 Å². The lowest BCUT2D eigenvalue weighted by atomic mass is 9.71. The summed E-state index contributed by atoms with van der Waals surface area (Å²) in [6, 6.07) is 0. The van der Waals surface area contributed by atoms with Gasteiger partial charge < -0.3 is 19.5 Å². The number of hydrogen-bond donors (Lipinski definition) is 1. The average molecular weight is 368 g/mol. The van der Waals surface area contributed by atoms with Crippen LogP contribution in [0.5, 0.6) is 0 Å². The zero-order chi connectivity index (χ0) is 18.8. The van der Waals surface area contributed by atoms with Crippen LogP contribution in [-0.4, -0.2) is 53.1 Å². The molecule has 3 aliphatic heterocycles. The Labute approximate surface area is 159 Å². The monoisotopic (exact) mass is 367 g/mol. The molecule has 0 radical (unpaired) electrons. The molecule has 4 fully saturated rings. The van der Waals surface area contributed by atoms with Crippen molar-refractivity contribution < 1.29 is 20.8 Å². The molecule has 0 aromatic rings. The van der Waals surface area contributed by atoms with Crippen LogP contribution in [0.3, 0.4) is 0 Å². The Morgan fingerprint density at radius 2 is 1.92 bits per heavy atom. The van der Waals surface area contributed by atoms with Crippen LogP contribution in [0.25, 0.3) is 0 Å². The van der Waals surface area contributed by atoms with Gasteiger partial charge in [0, 0.05) is 20.4 Å². The standard InChI is InChI=1S/C15H24O2.C6H11NO2.H2/c1-11(2)7-8-13-14(3,17-13)12-6-4-5-9-15(12)10-16-15;8-6(9)7-4-2-1-3-5-7;/h7,12-13H,4-6,8-10H2,1-3H3;1-5H2,(H,8,9);1H/t12?,13-,14-,15+;;/m1../s1. The van der Waals surface area contributed by atoms with Crippen LogP contribution in [0.1, 0.15) is 73.6 Å². The third-order valence-corrected chi connectivity index (χ3v) is 6.53. The van der Waals surface area contributed by atoms with Gasteiger partial charge in [-0.3, -0.25) is 0 Å². The van der Waals surface area contributed by atoms with E-state index < -0.39 is 6.09 Å². The van der Waals surface area contributed by atoms with E-state index in [1.54, 1.807) is 0 Å². The lowest BCUT2D eigenvalue weighted by molar-refractivity contribution is 0.0886. The first-order chi connectivity index (χ1) is 12.4. The summed E-state index contributed by atoms with van der Waals surface area (Å²) in [5.41, 5.74) is 1.71. The Balaban J connectivity index is 0.000000224. The van der Waals surface area contributed by atoms with Gasteiger partial charge >= 0.3 is 6.09 Å². The molecule has 0 bridgehead atoms. The Morgan fingerprint density at radius 3 is 2.46 bits per heavy atom. The number of allylic oxidation sites excluding steroid dienone is 1. The summed E-state index contributed by atoms with van der Waals surface area (Å²) in [7, 11) is 0. The van der Waals surface area contributed by atoms with Crippen LogP contribution < -0.4 is 0 Å². The summed E-state index contributed by atoms with van der Waals surface area (Å²) in [6.07, 6.45) is 11.5. The fraction of sp³-hybridized carbons (Fsp3) is 0.857. The molecule has 4 aliphatic rings. The van der Waals surface area contributed by atoms with Gasteiger partial charge in [-0.05, 0) is 59.3 Å². The zero-order valence-corrected chi connectivity index (χ0v) is 16.6. The quantitative estimate of drug-likeness (QED) is 0.572. The minimum Gasteiger partial charge on any atom is -0.465 e. The maximum atomic E-state index is 10.3. The number of rotatable bonds is 3. The molecule has 26 heavy (non-hydrogen) atoms. The molecule has 1 unspecified atom stereocenters. The van der Waals surface area contributed by atoms with E-state index in [9.17, 15) is 4.79 Å². The van der Waals surface area contributed by atoms with E-state index in [1.807, 2.05) is 0 Å². The minimum atomic E-state index is -0.769. The Morgan fingerprint density at radius 1 is 1.23 bits per heavy atom. The molecule has 150 valence electrons. The summed E-state index contributed by atoms with van der Waals surface area (Å²) >= 11 is 0. The van der Waals surface area contributed by atoms with Crippen molar-refractivity contribution in [2.24, 2.45) is 5.92 Å². The van der Waals surface area contributed by atoms with Crippen LogP contribution in [0.2, 0.25) is 0 Å². The molecule has 1 spiro atoms. The second-order valence-electron chi connectivity index (χ2n) is 8.79. The first kappa shape index (κ1) is 19.7. The van der Waals surface area contributed by atoms with Crippen molar-refractivity contribution in [2.75, 3.05) is 19.7 Å². The summed E-state index contributed by atoms with van der Waals surface area (Å²) in [5, 5.41) is 8.46. The van der Waals surface area contributed by atoms with E-state index in [0.29, 0.717) is 12.0 Å².